The molecule has 1 N–H and O–H groups in total. The Morgan fingerprint density at radius 3 is 2.28 bits per heavy atom. The van der Waals surface area contributed by atoms with E-state index in [4.69, 9.17) is 0 Å². The van der Waals surface area contributed by atoms with Gasteiger partial charge in [-0.3, -0.25) is 14.5 Å². The lowest BCUT2D eigenvalue weighted by molar-refractivity contribution is 0.0785. The summed E-state index contributed by atoms with van der Waals surface area (Å²) in [4.78, 5) is 17.6. The highest BCUT2D eigenvalue weighted by Gasteiger charge is 2.17. The minimum absolute atomic E-state index is 0.183. The molecular weight excluding hydrogens is 400 g/mol. The van der Waals surface area contributed by atoms with Gasteiger partial charge >= 0.3 is 0 Å². The Morgan fingerprint density at radius 2 is 1.66 bits per heavy atom. The molecule has 3 aromatic rings. The van der Waals surface area contributed by atoms with Gasteiger partial charge in [-0.2, -0.15) is 0 Å². The summed E-state index contributed by atoms with van der Waals surface area (Å²) in [5, 5.41) is 0. The van der Waals surface area contributed by atoms with Crippen molar-refractivity contribution in [1.29, 1.82) is 0 Å². The topological polar surface area (TPSA) is 79.4 Å². The van der Waals surface area contributed by atoms with Crippen LogP contribution in [0.5, 0.6) is 0 Å². The highest BCUT2D eigenvalue weighted by molar-refractivity contribution is 7.92. The molecule has 29 heavy (non-hydrogen) atoms. The van der Waals surface area contributed by atoms with E-state index in [9.17, 15) is 22.0 Å². The van der Waals surface area contributed by atoms with E-state index in [-0.39, 0.29) is 11.6 Å². The Morgan fingerprint density at radius 1 is 1.00 bits per heavy atom. The van der Waals surface area contributed by atoms with Crippen LogP contribution in [0.15, 0.2) is 71.9 Å². The number of halogens is 2. The van der Waals surface area contributed by atoms with Crippen molar-refractivity contribution in [2.24, 2.45) is 0 Å². The summed E-state index contributed by atoms with van der Waals surface area (Å²) in [6, 6.07) is 11.7. The number of hydrogen-bond acceptors (Lipinski definition) is 4. The molecule has 0 spiro atoms. The number of pyridine rings is 1. The number of nitrogens with zero attached hydrogens (tertiary/aromatic N) is 2. The van der Waals surface area contributed by atoms with E-state index in [2.05, 4.69) is 9.71 Å². The zero-order chi connectivity index (χ0) is 21.0. The van der Waals surface area contributed by atoms with Crippen LogP contribution in [0.4, 0.5) is 14.5 Å². The first-order valence-electron chi connectivity index (χ1n) is 8.48. The molecular formula is C20H17F2N3O3S. The van der Waals surface area contributed by atoms with Crippen LogP contribution in [0.1, 0.15) is 15.9 Å². The fourth-order valence-electron chi connectivity index (χ4n) is 2.59. The van der Waals surface area contributed by atoms with Gasteiger partial charge in [-0.05, 0) is 60.2 Å². The standard InChI is InChI=1S/C20H17F2N3O3S/c1-25(13-14-8-10-23-11-9-14)20(26)15-2-4-16(5-3-15)24-29(27,28)17-6-7-18(21)19(22)12-17/h2-12,24H,13H2,1H3. The first-order chi connectivity index (χ1) is 13.8. The number of aromatic nitrogens is 1. The molecule has 0 fully saturated rings. The summed E-state index contributed by atoms with van der Waals surface area (Å²) in [6.07, 6.45) is 3.28. The van der Waals surface area contributed by atoms with Gasteiger partial charge < -0.3 is 4.90 Å². The summed E-state index contributed by atoms with van der Waals surface area (Å²) in [7, 11) is -2.45. The maximum absolute atomic E-state index is 13.3. The molecule has 0 saturated heterocycles. The van der Waals surface area contributed by atoms with E-state index in [0.29, 0.717) is 18.2 Å². The Labute approximate surface area is 166 Å². The van der Waals surface area contributed by atoms with Crippen molar-refractivity contribution in [3.8, 4) is 0 Å². The van der Waals surface area contributed by atoms with Gasteiger partial charge in [-0.25, -0.2) is 17.2 Å². The van der Waals surface area contributed by atoms with Crippen LogP contribution in [0.25, 0.3) is 0 Å². The molecule has 0 bridgehead atoms. The molecule has 0 aliphatic heterocycles. The van der Waals surface area contributed by atoms with E-state index >= 15 is 0 Å². The van der Waals surface area contributed by atoms with E-state index in [1.807, 2.05) is 0 Å². The molecule has 0 radical (unpaired) electrons. The zero-order valence-corrected chi connectivity index (χ0v) is 16.2. The molecule has 3 rings (SSSR count). The van der Waals surface area contributed by atoms with Crippen LogP contribution < -0.4 is 4.72 Å². The van der Waals surface area contributed by atoms with E-state index in [1.54, 1.807) is 31.6 Å². The summed E-state index contributed by atoms with van der Waals surface area (Å²) in [5.74, 6) is -2.63. The third kappa shape index (κ3) is 4.94. The number of carbonyl (C=O) groups is 1. The highest BCUT2D eigenvalue weighted by Crippen LogP contribution is 2.19. The number of sulfonamides is 1. The molecule has 2 aromatic carbocycles. The normalized spacial score (nSPS) is 11.1. The van der Waals surface area contributed by atoms with E-state index < -0.39 is 26.6 Å². The van der Waals surface area contributed by atoms with Crippen molar-refractivity contribution in [2.75, 3.05) is 11.8 Å². The lowest BCUT2D eigenvalue weighted by Crippen LogP contribution is -2.26. The number of nitrogens with one attached hydrogen (secondary N) is 1. The van der Waals surface area contributed by atoms with Gasteiger partial charge in [0.25, 0.3) is 15.9 Å². The van der Waals surface area contributed by atoms with Gasteiger partial charge in [0.2, 0.25) is 0 Å². The van der Waals surface area contributed by atoms with Gasteiger partial charge in [0.1, 0.15) is 0 Å². The Balaban J connectivity index is 1.70. The molecule has 9 heteroatoms. The first-order valence-corrected chi connectivity index (χ1v) is 9.97. The molecule has 0 unspecified atom stereocenters. The second kappa shape index (κ2) is 8.36. The highest BCUT2D eigenvalue weighted by atomic mass is 32.2. The van der Waals surface area contributed by atoms with Crippen LogP contribution in [0, 0.1) is 11.6 Å². The van der Waals surface area contributed by atoms with Gasteiger partial charge in [0.05, 0.1) is 4.90 Å². The summed E-state index contributed by atoms with van der Waals surface area (Å²) in [5.41, 5.74) is 1.48. The van der Waals surface area contributed by atoms with Gasteiger partial charge in [-0.1, -0.05) is 0 Å². The molecule has 150 valence electrons. The monoisotopic (exact) mass is 417 g/mol. The molecule has 0 saturated carbocycles. The Kier molecular flexibility index (Phi) is 5.88. The number of benzene rings is 2. The summed E-state index contributed by atoms with van der Waals surface area (Å²) in [6.45, 7) is 0.395. The van der Waals surface area contributed by atoms with E-state index in [0.717, 1.165) is 17.7 Å². The minimum atomic E-state index is -4.10. The number of amides is 1. The maximum atomic E-state index is 13.3. The van der Waals surface area contributed by atoms with Crippen molar-refractivity contribution < 1.29 is 22.0 Å². The van der Waals surface area contributed by atoms with Crippen LogP contribution in [-0.2, 0) is 16.6 Å². The summed E-state index contributed by atoms with van der Waals surface area (Å²) < 4.78 is 53.2. The van der Waals surface area contributed by atoms with E-state index in [1.165, 1.54) is 29.2 Å². The van der Waals surface area contributed by atoms with Gasteiger partial charge in [-0.15, -0.1) is 0 Å². The molecule has 6 nitrogen and oxygen atoms in total. The molecule has 0 aliphatic carbocycles. The van der Waals surface area contributed by atoms with Crippen molar-refractivity contribution in [3.05, 3.63) is 89.8 Å². The predicted octanol–water partition coefficient (Wildman–Crippen LogP) is 3.43. The average Bonchev–Trinajstić information content (AvgIpc) is 2.70. The van der Waals surface area contributed by atoms with Crippen LogP contribution in [-0.4, -0.2) is 31.3 Å². The lowest BCUT2D eigenvalue weighted by Gasteiger charge is -2.17. The number of rotatable bonds is 6. The first kappa shape index (κ1) is 20.4. The van der Waals surface area contributed by atoms with Crippen LogP contribution >= 0.6 is 0 Å². The average molecular weight is 417 g/mol. The van der Waals surface area contributed by atoms with Crippen molar-refractivity contribution >= 4 is 21.6 Å². The summed E-state index contributed by atoms with van der Waals surface area (Å²) >= 11 is 0. The zero-order valence-electron chi connectivity index (χ0n) is 15.3. The molecule has 1 heterocycles. The number of hydrogen-bond donors (Lipinski definition) is 1. The SMILES string of the molecule is CN(Cc1ccncc1)C(=O)c1ccc(NS(=O)(=O)c2ccc(F)c(F)c2)cc1. The number of carbonyl (C=O) groups excluding carboxylic acids is 1. The second-order valence-electron chi connectivity index (χ2n) is 6.28. The molecule has 0 aliphatic rings. The number of anilines is 1. The fourth-order valence-corrected chi connectivity index (χ4v) is 3.66. The second-order valence-corrected chi connectivity index (χ2v) is 7.96. The smallest absolute Gasteiger partial charge is 0.261 e. The van der Waals surface area contributed by atoms with Gasteiger partial charge in [0.15, 0.2) is 11.6 Å². The predicted molar refractivity (Wildman–Crippen MR) is 104 cm³/mol. The minimum Gasteiger partial charge on any atom is -0.337 e. The van der Waals surface area contributed by atoms with Gasteiger partial charge in [0, 0.05) is 37.2 Å². The molecule has 0 atom stereocenters. The Hall–Kier alpha value is -3.33. The lowest BCUT2D eigenvalue weighted by atomic mass is 10.1. The third-order valence-electron chi connectivity index (χ3n) is 4.10. The third-order valence-corrected chi connectivity index (χ3v) is 5.48. The van der Waals surface area contributed by atoms with Crippen LogP contribution in [0.3, 0.4) is 0 Å². The largest absolute Gasteiger partial charge is 0.337 e. The fraction of sp³-hybridized carbons (Fsp3) is 0.100. The van der Waals surface area contributed by atoms with Crippen LogP contribution in [0.2, 0.25) is 0 Å². The quantitative estimate of drug-likeness (QED) is 0.667. The maximum Gasteiger partial charge on any atom is 0.261 e. The van der Waals surface area contributed by atoms with Crippen molar-refractivity contribution in [1.82, 2.24) is 9.88 Å². The van der Waals surface area contributed by atoms with Crippen molar-refractivity contribution in [3.63, 3.8) is 0 Å². The Bertz CT molecular complexity index is 1120. The molecule has 1 amide bonds. The molecule has 1 aromatic heterocycles. The van der Waals surface area contributed by atoms with Crippen molar-refractivity contribution in [2.45, 2.75) is 11.4 Å².